The Bertz CT molecular complexity index is 1160. The highest BCUT2D eigenvalue weighted by Crippen LogP contribution is 2.36. The van der Waals surface area contributed by atoms with E-state index in [4.69, 9.17) is 10.0 Å². The van der Waals surface area contributed by atoms with Gasteiger partial charge in [-0.1, -0.05) is 10.9 Å². The average molecular weight is 515 g/mol. The van der Waals surface area contributed by atoms with E-state index in [2.05, 4.69) is 36.9 Å². The molecule has 1 aromatic carbocycles. The Kier molecular flexibility index (Phi) is 6.54. The second-order valence-electron chi connectivity index (χ2n) is 9.61. The lowest BCUT2D eigenvalue weighted by atomic mass is 9.60. The Morgan fingerprint density at radius 2 is 1.66 bits per heavy atom. The third kappa shape index (κ3) is 4.08. The molecular weight excluding hydrogens is 493 g/mol. The molecule has 0 bridgehead atoms. The summed E-state index contributed by atoms with van der Waals surface area (Å²) in [7, 11) is 8.78. The second-order valence-corrected chi connectivity index (χ2v) is 13.6. The van der Waals surface area contributed by atoms with Crippen molar-refractivity contribution in [2.75, 3.05) is 10.6 Å². The molecule has 0 radical (unpaired) electrons. The minimum absolute atomic E-state index is 0.0696. The quantitative estimate of drug-likeness (QED) is 0.211. The van der Waals surface area contributed by atoms with E-state index in [1.807, 2.05) is 0 Å². The normalized spacial score (nSPS) is 19.3. The predicted octanol–water partition coefficient (Wildman–Crippen LogP) is -6.99. The minimum Gasteiger partial charge on any atom is -0.363 e. The van der Waals surface area contributed by atoms with Crippen molar-refractivity contribution in [3.8, 4) is 0 Å². The van der Waals surface area contributed by atoms with Gasteiger partial charge in [0.15, 0.2) is 11.5 Å². The topological polar surface area (TPSA) is 121 Å². The van der Waals surface area contributed by atoms with Gasteiger partial charge in [-0.3, -0.25) is 5.41 Å². The van der Waals surface area contributed by atoms with Crippen LogP contribution in [0.15, 0.2) is 9.10 Å². The molecule has 0 spiro atoms. The number of hydrogen-bond donors (Lipinski definition) is 3. The molecule has 3 N–H and O–H groups in total. The fraction of sp³-hybridized carbons (Fsp3) is 0.357. The molecule has 2 heterocycles. The van der Waals surface area contributed by atoms with Crippen molar-refractivity contribution >= 4 is 114 Å². The van der Waals surface area contributed by atoms with Crippen molar-refractivity contribution in [3.05, 3.63) is 16.0 Å². The maximum absolute atomic E-state index is 14.3. The van der Waals surface area contributed by atoms with Gasteiger partial charge in [0.2, 0.25) is 5.82 Å². The van der Waals surface area contributed by atoms with Crippen molar-refractivity contribution in [2.24, 2.45) is 0 Å². The Hall–Kier alpha value is -1.56. The van der Waals surface area contributed by atoms with Gasteiger partial charge < -0.3 is 10.6 Å². The molecule has 0 amide bonds. The van der Waals surface area contributed by atoms with Crippen LogP contribution in [0.4, 0.5) is 15.9 Å². The Labute approximate surface area is 201 Å². The number of hydrogen-bond acceptors (Lipinski definition) is 7. The molecule has 8 nitrogen and oxygen atoms in total. The van der Waals surface area contributed by atoms with Crippen molar-refractivity contribution in [1.29, 1.82) is 5.41 Å². The van der Waals surface area contributed by atoms with E-state index < -0.39 is 18.9 Å². The van der Waals surface area contributed by atoms with E-state index in [1.54, 1.807) is 54.9 Å². The van der Waals surface area contributed by atoms with Gasteiger partial charge in [-0.2, -0.15) is 0 Å². The number of amidine groups is 1. The lowest BCUT2D eigenvalue weighted by molar-refractivity contribution is 0.307. The van der Waals surface area contributed by atoms with E-state index >= 15 is 0 Å². The third-order valence-corrected chi connectivity index (χ3v) is 10.6. The highest BCUT2D eigenvalue weighted by atomic mass is 79.9. The summed E-state index contributed by atoms with van der Waals surface area (Å²) in [6.45, 7) is 0. The monoisotopic (exact) mass is 515 g/mol. The molecule has 32 heavy (non-hydrogen) atoms. The number of aromatic nitrogens is 2. The molecule has 0 atom stereocenters. The number of benzene rings is 1. The molecule has 162 valence electrons. The summed E-state index contributed by atoms with van der Waals surface area (Å²) < 4.78 is 43.5. The summed E-state index contributed by atoms with van der Waals surface area (Å²) in [6.07, 6.45) is 0.766. The summed E-state index contributed by atoms with van der Waals surface area (Å²) in [5.74, 6) is -0.147. The Balaban J connectivity index is 1.87. The van der Waals surface area contributed by atoms with Crippen LogP contribution < -0.4 is 27.0 Å². The van der Waals surface area contributed by atoms with Crippen LogP contribution in [0.3, 0.4) is 0 Å². The molecule has 1 saturated heterocycles. The SMILES string of the molecule is Bc1c(B)c(NC(=N)c2nonc2NC2CC(B)(B)S(=O)(=O)C(B)(B)C2)c(B)c(Br)c1F. The molecule has 18 heteroatoms. The molecular formula is C14H22B7BrFN5O3S. The summed E-state index contributed by atoms with van der Waals surface area (Å²) in [4.78, 5) is 0. The van der Waals surface area contributed by atoms with Gasteiger partial charge in [0, 0.05) is 25.3 Å². The van der Waals surface area contributed by atoms with Crippen molar-refractivity contribution < 1.29 is 17.4 Å². The number of nitrogens with zero attached hydrogens (tertiary/aromatic N) is 2. The summed E-state index contributed by atoms with van der Waals surface area (Å²) >= 11 is 3.27. The standard InChI is InChI=1S/C14H22B7BrFN5O3S/c15-4-5(16)9(6(17)7(22)8(4)23)26-11(24)10-12(28-31-27-10)25-3-1-13(18,19)32(29,30)14(20,21)2-3/h3H,1-2,15-21H2,(H2,24,26)(H,25,28). The fourth-order valence-corrected chi connectivity index (χ4v) is 7.25. The maximum Gasteiger partial charge on any atom is 0.202 e. The first-order valence-corrected chi connectivity index (χ1v) is 12.5. The highest BCUT2D eigenvalue weighted by molar-refractivity contribution is 9.10. The van der Waals surface area contributed by atoms with Gasteiger partial charge in [0.1, 0.15) is 70.6 Å². The van der Waals surface area contributed by atoms with Gasteiger partial charge >= 0.3 is 0 Å². The smallest absolute Gasteiger partial charge is 0.202 e. The summed E-state index contributed by atoms with van der Waals surface area (Å²) in [6, 6.07) is -0.201. The van der Waals surface area contributed by atoms with Crippen LogP contribution in [-0.4, -0.2) is 94.6 Å². The molecule has 0 unspecified atom stereocenters. The first-order valence-electron chi connectivity index (χ1n) is 10.2. The first kappa shape index (κ1) is 25.1. The van der Waals surface area contributed by atoms with Gasteiger partial charge in [-0.05, 0) is 44.5 Å². The minimum atomic E-state index is -3.33. The molecule has 3 rings (SSSR count). The maximum atomic E-state index is 14.3. The molecule has 1 aliphatic rings. The zero-order chi connectivity index (χ0) is 24.2. The lowest BCUT2D eigenvalue weighted by Crippen LogP contribution is -2.62. The van der Waals surface area contributed by atoms with Crippen molar-refractivity contribution in [1.82, 2.24) is 10.3 Å². The van der Waals surface area contributed by atoms with Crippen LogP contribution >= 0.6 is 15.9 Å². The molecule has 1 aromatic heterocycles. The lowest BCUT2D eigenvalue weighted by Gasteiger charge is -2.45. The van der Waals surface area contributed by atoms with E-state index in [9.17, 15) is 12.8 Å². The second kappa shape index (κ2) is 8.34. The van der Waals surface area contributed by atoms with Crippen LogP contribution in [0.25, 0.3) is 0 Å². The zero-order valence-corrected chi connectivity index (χ0v) is 21.7. The summed E-state index contributed by atoms with van der Waals surface area (Å²) in [5.41, 5.74) is 2.54. The van der Waals surface area contributed by atoms with Gasteiger partial charge in [-0.15, -0.1) is 0 Å². The Morgan fingerprint density at radius 1 is 1.09 bits per heavy atom. The highest BCUT2D eigenvalue weighted by Gasteiger charge is 2.51. The van der Waals surface area contributed by atoms with E-state index in [-0.39, 0.29) is 29.2 Å². The van der Waals surface area contributed by atoms with Gasteiger partial charge in [0.25, 0.3) is 0 Å². The van der Waals surface area contributed by atoms with Crippen LogP contribution in [0.2, 0.25) is 0 Å². The summed E-state index contributed by atoms with van der Waals surface area (Å²) in [5, 5.41) is 22.5. The zero-order valence-electron chi connectivity index (χ0n) is 19.3. The molecule has 2 aromatic rings. The van der Waals surface area contributed by atoms with Crippen LogP contribution in [0.1, 0.15) is 18.5 Å². The van der Waals surface area contributed by atoms with E-state index in [1.165, 1.54) is 0 Å². The van der Waals surface area contributed by atoms with Gasteiger partial charge in [0.05, 0.1) is 0 Å². The molecule has 0 saturated carbocycles. The van der Waals surface area contributed by atoms with E-state index in [0.717, 1.165) is 0 Å². The van der Waals surface area contributed by atoms with Gasteiger partial charge in [-0.25, -0.2) is 17.4 Å². The van der Waals surface area contributed by atoms with Crippen LogP contribution in [-0.2, 0) is 9.84 Å². The third-order valence-electron chi connectivity index (χ3n) is 6.41. The predicted molar refractivity (Wildman–Crippen MR) is 149 cm³/mol. The Morgan fingerprint density at radius 3 is 2.22 bits per heavy atom. The number of nitrogens with one attached hydrogen (secondary N) is 3. The van der Waals surface area contributed by atoms with E-state index in [0.29, 0.717) is 39.4 Å². The van der Waals surface area contributed by atoms with Crippen molar-refractivity contribution in [3.63, 3.8) is 0 Å². The molecule has 1 fully saturated rings. The number of anilines is 2. The largest absolute Gasteiger partial charge is 0.363 e. The van der Waals surface area contributed by atoms with Crippen LogP contribution in [0.5, 0.6) is 0 Å². The number of halogens is 2. The fourth-order valence-electron chi connectivity index (χ4n) is 4.41. The average Bonchev–Trinajstić information content (AvgIpc) is 3.14. The first-order chi connectivity index (χ1) is 14.6. The number of rotatable bonds is 4. The number of sulfone groups is 1. The van der Waals surface area contributed by atoms with Crippen molar-refractivity contribution in [2.45, 2.75) is 28.0 Å². The van der Waals surface area contributed by atoms with Crippen LogP contribution in [0, 0.1) is 11.2 Å². The molecule has 0 aliphatic carbocycles. The molecule has 1 aliphatic heterocycles.